The third-order valence-corrected chi connectivity index (χ3v) is 5.09. The van der Waals surface area contributed by atoms with Crippen LogP contribution in [0.4, 0.5) is 0 Å². The molecule has 1 aromatic heterocycles. The average molecular weight is 428 g/mol. The molecular weight excluding hydrogens is 402 g/mol. The Bertz CT molecular complexity index is 1180. The SMILES string of the molecule is COc1ccc(-c2oc(C(=O)C(C)C)nc2-c2ccc(OCc3ccccc3)cc2)cc1. The number of ether oxygens (including phenoxy) is 2. The topological polar surface area (TPSA) is 61.6 Å². The summed E-state index contributed by atoms with van der Waals surface area (Å²) in [4.78, 5) is 17.1. The number of aromatic nitrogens is 1. The number of nitrogens with zero attached hydrogens (tertiary/aromatic N) is 1. The smallest absolute Gasteiger partial charge is 0.264 e. The molecule has 0 N–H and O–H groups in total. The molecule has 0 amide bonds. The zero-order valence-electron chi connectivity index (χ0n) is 18.4. The number of benzene rings is 3. The van der Waals surface area contributed by atoms with Gasteiger partial charge in [-0.15, -0.1) is 0 Å². The predicted molar refractivity (Wildman–Crippen MR) is 124 cm³/mol. The lowest BCUT2D eigenvalue weighted by Crippen LogP contribution is -2.07. The van der Waals surface area contributed by atoms with Gasteiger partial charge in [0.25, 0.3) is 5.89 Å². The van der Waals surface area contributed by atoms with E-state index >= 15 is 0 Å². The molecule has 1 heterocycles. The first-order valence-electron chi connectivity index (χ1n) is 10.5. The third-order valence-electron chi connectivity index (χ3n) is 5.09. The van der Waals surface area contributed by atoms with E-state index in [0.29, 0.717) is 18.1 Å². The van der Waals surface area contributed by atoms with Gasteiger partial charge in [-0.3, -0.25) is 4.79 Å². The van der Waals surface area contributed by atoms with Crippen LogP contribution in [0.15, 0.2) is 83.3 Å². The third kappa shape index (κ3) is 4.72. The van der Waals surface area contributed by atoms with Crippen molar-refractivity contribution < 1.29 is 18.7 Å². The summed E-state index contributed by atoms with van der Waals surface area (Å²) in [5, 5.41) is 0. The Kier molecular flexibility index (Phi) is 6.36. The van der Waals surface area contributed by atoms with Crippen molar-refractivity contribution in [2.75, 3.05) is 7.11 Å². The number of carbonyl (C=O) groups is 1. The van der Waals surface area contributed by atoms with Crippen LogP contribution in [0, 0.1) is 5.92 Å². The number of rotatable bonds is 8. The Morgan fingerprint density at radius 1 is 0.875 bits per heavy atom. The standard InChI is InChI=1S/C27H25NO4/c1-18(2)25(29)27-28-24(26(32-27)21-11-13-22(30-3)14-12-21)20-9-15-23(16-10-20)31-17-19-7-5-4-6-8-19/h4-16,18H,17H2,1-3H3. The second kappa shape index (κ2) is 9.52. The van der Waals surface area contributed by atoms with Crippen LogP contribution in [0.2, 0.25) is 0 Å². The zero-order valence-corrected chi connectivity index (χ0v) is 18.4. The van der Waals surface area contributed by atoms with Crippen LogP contribution >= 0.6 is 0 Å². The van der Waals surface area contributed by atoms with Crippen molar-refractivity contribution in [3.05, 3.63) is 90.3 Å². The summed E-state index contributed by atoms with van der Waals surface area (Å²) in [7, 11) is 1.62. The minimum Gasteiger partial charge on any atom is -0.497 e. The maximum Gasteiger partial charge on any atom is 0.264 e. The maximum atomic E-state index is 12.6. The van der Waals surface area contributed by atoms with Crippen LogP contribution < -0.4 is 9.47 Å². The number of Topliss-reactive ketones (excluding diaryl/α,β-unsaturated/α-hetero) is 1. The molecule has 0 aliphatic carbocycles. The summed E-state index contributed by atoms with van der Waals surface area (Å²) in [6.07, 6.45) is 0. The largest absolute Gasteiger partial charge is 0.497 e. The van der Waals surface area contributed by atoms with Gasteiger partial charge in [0.15, 0.2) is 5.76 Å². The molecule has 0 fully saturated rings. The van der Waals surface area contributed by atoms with Crippen molar-refractivity contribution in [2.45, 2.75) is 20.5 Å². The van der Waals surface area contributed by atoms with Crippen LogP contribution in [0.25, 0.3) is 22.6 Å². The highest BCUT2D eigenvalue weighted by Gasteiger charge is 2.23. The van der Waals surface area contributed by atoms with Crippen molar-refractivity contribution in [3.63, 3.8) is 0 Å². The predicted octanol–water partition coefficient (Wildman–Crippen LogP) is 6.43. The lowest BCUT2D eigenvalue weighted by atomic mass is 10.1. The Labute approximate surface area is 187 Å². The monoisotopic (exact) mass is 427 g/mol. The molecule has 162 valence electrons. The minimum absolute atomic E-state index is 0.116. The summed E-state index contributed by atoms with van der Waals surface area (Å²) in [5.74, 6) is 1.83. The van der Waals surface area contributed by atoms with E-state index in [4.69, 9.17) is 13.9 Å². The van der Waals surface area contributed by atoms with Gasteiger partial charge >= 0.3 is 0 Å². The molecule has 0 aliphatic heterocycles. The summed E-state index contributed by atoms with van der Waals surface area (Å²) in [5.41, 5.74) is 3.38. The van der Waals surface area contributed by atoms with Gasteiger partial charge in [0.1, 0.15) is 23.8 Å². The van der Waals surface area contributed by atoms with E-state index in [-0.39, 0.29) is 17.6 Å². The highest BCUT2D eigenvalue weighted by atomic mass is 16.5. The summed E-state index contributed by atoms with van der Waals surface area (Å²) < 4.78 is 17.1. The molecule has 0 aliphatic rings. The fraction of sp³-hybridized carbons (Fsp3) is 0.185. The summed E-state index contributed by atoms with van der Waals surface area (Å²) in [6, 6.07) is 25.1. The van der Waals surface area contributed by atoms with Crippen LogP contribution in [-0.4, -0.2) is 17.9 Å². The number of hydrogen-bond acceptors (Lipinski definition) is 5. The molecule has 4 rings (SSSR count). The molecule has 0 unspecified atom stereocenters. The Morgan fingerprint density at radius 3 is 2.12 bits per heavy atom. The van der Waals surface area contributed by atoms with Gasteiger partial charge in [-0.2, -0.15) is 0 Å². The lowest BCUT2D eigenvalue weighted by Gasteiger charge is -2.07. The van der Waals surface area contributed by atoms with Crippen molar-refractivity contribution in [2.24, 2.45) is 5.92 Å². The van der Waals surface area contributed by atoms with Gasteiger partial charge in [-0.1, -0.05) is 44.2 Å². The number of oxazole rings is 1. The van der Waals surface area contributed by atoms with Gasteiger partial charge < -0.3 is 13.9 Å². The zero-order chi connectivity index (χ0) is 22.5. The normalized spacial score (nSPS) is 10.9. The van der Waals surface area contributed by atoms with Gasteiger partial charge in [-0.05, 0) is 54.1 Å². The molecule has 0 radical (unpaired) electrons. The minimum atomic E-state index is -0.209. The fourth-order valence-electron chi connectivity index (χ4n) is 3.26. The van der Waals surface area contributed by atoms with Crippen LogP contribution in [-0.2, 0) is 6.61 Å². The van der Waals surface area contributed by atoms with E-state index in [0.717, 1.165) is 28.2 Å². The van der Waals surface area contributed by atoms with E-state index in [9.17, 15) is 4.79 Å². The van der Waals surface area contributed by atoms with E-state index in [1.807, 2.05) is 92.7 Å². The number of hydrogen-bond donors (Lipinski definition) is 0. The van der Waals surface area contributed by atoms with Crippen molar-refractivity contribution in [3.8, 4) is 34.1 Å². The molecule has 5 heteroatoms. The highest BCUT2D eigenvalue weighted by molar-refractivity contribution is 5.95. The van der Waals surface area contributed by atoms with Crippen molar-refractivity contribution in [1.82, 2.24) is 4.98 Å². The van der Waals surface area contributed by atoms with Crippen LogP contribution in [0.3, 0.4) is 0 Å². The summed E-state index contributed by atoms with van der Waals surface area (Å²) in [6.45, 7) is 4.16. The van der Waals surface area contributed by atoms with Gasteiger partial charge in [0.05, 0.1) is 7.11 Å². The Morgan fingerprint density at radius 2 is 1.50 bits per heavy atom. The fourth-order valence-corrected chi connectivity index (χ4v) is 3.26. The van der Waals surface area contributed by atoms with Gasteiger partial charge in [0, 0.05) is 17.0 Å². The van der Waals surface area contributed by atoms with Crippen LogP contribution in [0.5, 0.6) is 11.5 Å². The first-order valence-corrected chi connectivity index (χ1v) is 10.5. The highest BCUT2D eigenvalue weighted by Crippen LogP contribution is 2.35. The molecular formula is C27H25NO4. The molecule has 0 spiro atoms. The van der Waals surface area contributed by atoms with E-state index in [2.05, 4.69) is 4.98 Å². The molecule has 0 saturated carbocycles. The Hall–Kier alpha value is -3.86. The summed E-state index contributed by atoms with van der Waals surface area (Å²) >= 11 is 0. The van der Waals surface area contributed by atoms with Crippen molar-refractivity contribution >= 4 is 5.78 Å². The van der Waals surface area contributed by atoms with Crippen molar-refractivity contribution in [1.29, 1.82) is 0 Å². The number of methoxy groups -OCH3 is 1. The van der Waals surface area contributed by atoms with E-state index in [1.165, 1.54) is 0 Å². The molecule has 0 atom stereocenters. The molecule has 5 nitrogen and oxygen atoms in total. The van der Waals surface area contributed by atoms with E-state index < -0.39 is 0 Å². The van der Waals surface area contributed by atoms with E-state index in [1.54, 1.807) is 7.11 Å². The lowest BCUT2D eigenvalue weighted by molar-refractivity contribution is 0.0905. The molecule has 0 saturated heterocycles. The molecule has 3 aromatic carbocycles. The first kappa shape index (κ1) is 21.4. The van der Waals surface area contributed by atoms with Gasteiger partial charge in [-0.25, -0.2) is 4.98 Å². The Balaban J connectivity index is 1.64. The molecule has 32 heavy (non-hydrogen) atoms. The molecule has 0 bridgehead atoms. The van der Waals surface area contributed by atoms with Crippen LogP contribution in [0.1, 0.15) is 30.1 Å². The quantitative estimate of drug-likeness (QED) is 0.303. The number of carbonyl (C=O) groups excluding carboxylic acids is 1. The second-order valence-electron chi connectivity index (χ2n) is 7.74. The van der Waals surface area contributed by atoms with Gasteiger partial charge in [0.2, 0.25) is 5.78 Å². The second-order valence-corrected chi connectivity index (χ2v) is 7.74. The average Bonchev–Trinajstić information content (AvgIpc) is 3.28. The number of ketones is 1. The molecule has 4 aromatic rings. The maximum absolute atomic E-state index is 12.6. The first-order chi connectivity index (χ1) is 15.5.